The van der Waals surface area contributed by atoms with Crippen molar-refractivity contribution >= 4 is 16.9 Å². The van der Waals surface area contributed by atoms with E-state index in [1.54, 1.807) is 6.07 Å². The first kappa shape index (κ1) is 12.0. The summed E-state index contributed by atoms with van der Waals surface area (Å²) in [6.07, 6.45) is 0. The van der Waals surface area contributed by atoms with Crippen molar-refractivity contribution in [2.75, 3.05) is 13.1 Å². The maximum atomic E-state index is 14.4. The lowest BCUT2D eigenvalue weighted by Crippen LogP contribution is -2.19. The molecule has 1 aromatic heterocycles. The molecule has 21 heavy (non-hydrogen) atoms. The quantitative estimate of drug-likeness (QED) is 0.780. The number of benzene rings is 2. The van der Waals surface area contributed by atoms with Gasteiger partial charge in [-0.15, -0.1) is 5.10 Å². The minimum Gasteiger partial charge on any atom is -0.368 e. The number of amidine groups is 1. The van der Waals surface area contributed by atoms with Gasteiger partial charge < -0.3 is 5.32 Å². The number of fused-ring (bicyclic) bond motifs is 1. The Morgan fingerprint density at radius 3 is 2.86 bits per heavy atom. The SMILES string of the molecule is Fc1cc(C2=NCCN2)ccc1-n1nnc2ccccc21. The molecule has 0 aliphatic carbocycles. The Morgan fingerprint density at radius 1 is 1.14 bits per heavy atom. The Labute approximate surface area is 120 Å². The first-order valence-electron chi connectivity index (χ1n) is 6.72. The second-order valence-electron chi connectivity index (χ2n) is 4.81. The molecule has 0 unspecified atom stereocenters. The predicted molar refractivity (Wildman–Crippen MR) is 78.2 cm³/mol. The molecule has 4 rings (SSSR count). The molecule has 0 spiro atoms. The predicted octanol–water partition coefficient (Wildman–Crippen LogP) is 1.91. The van der Waals surface area contributed by atoms with E-state index in [2.05, 4.69) is 20.6 Å². The molecule has 5 nitrogen and oxygen atoms in total. The van der Waals surface area contributed by atoms with Gasteiger partial charge >= 0.3 is 0 Å². The molecule has 6 heteroatoms. The Kier molecular flexibility index (Phi) is 2.67. The van der Waals surface area contributed by atoms with Gasteiger partial charge in [0.25, 0.3) is 0 Å². The molecular formula is C15H12FN5. The summed E-state index contributed by atoms with van der Waals surface area (Å²) in [6, 6.07) is 12.5. The second-order valence-corrected chi connectivity index (χ2v) is 4.81. The van der Waals surface area contributed by atoms with E-state index in [1.165, 1.54) is 10.7 Å². The van der Waals surface area contributed by atoms with Gasteiger partial charge in [0.2, 0.25) is 0 Å². The van der Waals surface area contributed by atoms with E-state index in [4.69, 9.17) is 0 Å². The van der Waals surface area contributed by atoms with Gasteiger partial charge in [-0.3, -0.25) is 4.99 Å². The summed E-state index contributed by atoms with van der Waals surface area (Å²) in [6.45, 7) is 1.53. The molecule has 0 fully saturated rings. The van der Waals surface area contributed by atoms with Crippen molar-refractivity contribution in [2.24, 2.45) is 4.99 Å². The van der Waals surface area contributed by atoms with Crippen molar-refractivity contribution in [1.82, 2.24) is 20.3 Å². The molecule has 2 heterocycles. The summed E-state index contributed by atoms with van der Waals surface area (Å²) >= 11 is 0. The minimum absolute atomic E-state index is 0.348. The average molecular weight is 281 g/mol. The summed E-state index contributed by atoms with van der Waals surface area (Å²) in [7, 11) is 0. The van der Waals surface area contributed by atoms with Gasteiger partial charge in [-0.25, -0.2) is 9.07 Å². The van der Waals surface area contributed by atoms with E-state index in [1.807, 2.05) is 30.3 Å². The van der Waals surface area contributed by atoms with Crippen LogP contribution in [0.25, 0.3) is 16.7 Å². The van der Waals surface area contributed by atoms with Gasteiger partial charge in [0, 0.05) is 12.1 Å². The van der Waals surface area contributed by atoms with Gasteiger partial charge in [0.15, 0.2) is 0 Å². The number of nitrogens with one attached hydrogen (secondary N) is 1. The lowest BCUT2D eigenvalue weighted by Gasteiger charge is -2.07. The zero-order chi connectivity index (χ0) is 14.2. The van der Waals surface area contributed by atoms with Crippen molar-refractivity contribution in [3.63, 3.8) is 0 Å². The van der Waals surface area contributed by atoms with Crippen molar-refractivity contribution in [3.05, 3.63) is 53.8 Å². The monoisotopic (exact) mass is 281 g/mol. The Balaban J connectivity index is 1.82. The van der Waals surface area contributed by atoms with Crippen LogP contribution in [0.5, 0.6) is 0 Å². The van der Waals surface area contributed by atoms with Gasteiger partial charge in [-0.1, -0.05) is 17.3 Å². The fourth-order valence-corrected chi connectivity index (χ4v) is 2.46. The van der Waals surface area contributed by atoms with Gasteiger partial charge in [0.1, 0.15) is 22.9 Å². The molecule has 0 radical (unpaired) electrons. The summed E-state index contributed by atoms with van der Waals surface area (Å²) in [5, 5.41) is 11.2. The molecule has 1 aliphatic heterocycles. The van der Waals surface area contributed by atoms with E-state index in [-0.39, 0.29) is 5.82 Å². The molecule has 1 N–H and O–H groups in total. The summed E-state index contributed by atoms with van der Waals surface area (Å²) in [5.74, 6) is 0.392. The third-order valence-corrected chi connectivity index (χ3v) is 3.48. The molecule has 0 saturated carbocycles. The van der Waals surface area contributed by atoms with Crippen LogP contribution in [0.1, 0.15) is 5.56 Å². The van der Waals surface area contributed by atoms with Crippen molar-refractivity contribution in [1.29, 1.82) is 0 Å². The van der Waals surface area contributed by atoms with Gasteiger partial charge in [-0.05, 0) is 30.3 Å². The highest BCUT2D eigenvalue weighted by atomic mass is 19.1. The molecule has 0 atom stereocenters. The normalized spacial score (nSPS) is 14.2. The summed E-state index contributed by atoms with van der Waals surface area (Å²) < 4.78 is 15.9. The lowest BCUT2D eigenvalue weighted by molar-refractivity contribution is 0.609. The summed E-state index contributed by atoms with van der Waals surface area (Å²) in [4.78, 5) is 4.29. The highest BCUT2D eigenvalue weighted by Crippen LogP contribution is 2.20. The zero-order valence-electron chi connectivity index (χ0n) is 11.1. The molecule has 0 amide bonds. The van der Waals surface area contributed by atoms with Crippen molar-refractivity contribution < 1.29 is 4.39 Å². The number of aromatic nitrogens is 3. The van der Waals surface area contributed by atoms with E-state index < -0.39 is 0 Å². The van der Waals surface area contributed by atoms with Gasteiger partial charge in [0.05, 0.1) is 12.1 Å². The molecule has 0 bridgehead atoms. The average Bonchev–Trinajstić information content (AvgIpc) is 3.17. The number of rotatable bonds is 2. The fourth-order valence-electron chi connectivity index (χ4n) is 2.46. The number of halogens is 1. The zero-order valence-corrected chi connectivity index (χ0v) is 11.1. The molecule has 0 saturated heterocycles. The van der Waals surface area contributed by atoms with E-state index in [0.29, 0.717) is 5.69 Å². The smallest absolute Gasteiger partial charge is 0.149 e. The van der Waals surface area contributed by atoms with E-state index >= 15 is 0 Å². The highest BCUT2D eigenvalue weighted by molar-refractivity contribution is 5.99. The Bertz CT molecular complexity index is 852. The largest absolute Gasteiger partial charge is 0.368 e. The maximum Gasteiger partial charge on any atom is 0.149 e. The molecule has 1 aliphatic rings. The number of aliphatic imine (C=N–C) groups is 1. The number of hydrogen-bond donors (Lipinski definition) is 1. The molecule has 104 valence electrons. The fraction of sp³-hybridized carbons (Fsp3) is 0.133. The summed E-state index contributed by atoms with van der Waals surface area (Å²) in [5.41, 5.74) is 2.65. The molecule has 2 aromatic carbocycles. The van der Waals surface area contributed by atoms with Crippen LogP contribution in [-0.4, -0.2) is 33.9 Å². The van der Waals surface area contributed by atoms with Crippen molar-refractivity contribution in [2.45, 2.75) is 0 Å². The van der Waals surface area contributed by atoms with Crippen LogP contribution in [-0.2, 0) is 0 Å². The number of nitrogens with zero attached hydrogens (tertiary/aromatic N) is 4. The van der Waals surface area contributed by atoms with Crippen LogP contribution in [0.15, 0.2) is 47.5 Å². The van der Waals surface area contributed by atoms with Crippen LogP contribution >= 0.6 is 0 Å². The second kappa shape index (κ2) is 4.66. The van der Waals surface area contributed by atoms with Crippen LogP contribution in [0.3, 0.4) is 0 Å². The molecular weight excluding hydrogens is 269 g/mol. The number of hydrogen-bond acceptors (Lipinski definition) is 4. The Morgan fingerprint density at radius 2 is 2.05 bits per heavy atom. The first-order valence-corrected chi connectivity index (χ1v) is 6.72. The maximum absolute atomic E-state index is 14.4. The van der Waals surface area contributed by atoms with Crippen LogP contribution in [0.2, 0.25) is 0 Å². The van der Waals surface area contributed by atoms with E-state index in [9.17, 15) is 4.39 Å². The first-order chi connectivity index (χ1) is 10.3. The third-order valence-electron chi connectivity index (χ3n) is 3.48. The lowest BCUT2D eigenvalue weighted by atomic mass is 10.1. The Hall–Kier alpha value is -2.76. The van der Waals surface area contributed by atoms with Crippen LogP contribution in [0.4, 0.5) is 4.39 Å². The highest BCUT2D eigenvalue weighted by Gasteiger charge is 2.14. The van der Waals surface area contributed by atoms with Crippen molar-refractivity contribution in [3.8, 4) is 5.69 Å². The van der Waals surface area contributed by atoms with Crippen LogP contribution < -0.4 is 5.32 Å². The van der Waals surface area contributed by atoms with E-state index in [0.717, 1.165) is 35.5 Å². The van der Waals surface area contributed by atoms with Gasteiger partial charge in [-0.2, -0.15) is 0 Å². The standard InChI is InChI=1S/C15H12FN5/c16-11-9-10(15-17-7-8-18-15)5-6-13(11)21-14-4-2-1-3-12(14)19-20-21/h1-6,9H,7-8H2,(H,17,18). The molecule has 3 aromatic rings. The number of para-hydroxylation sites is 1. The third kappa shape index (κ3) is 1.96. The van der Waals surface area contributed by atoms with Crippen LogP contribution in [0, 0.1) is 5.82 Å². The topological polar surface area (TPSA) is 55.1 Å². The minimum atomic E-state index is -0.348.